The molecule has 1 rings (SSSR count). The number of likely N-dealkylation sites (tertiary alicyclic amines) is 1. The molecule has 0 spiro atoms. The summed E-state index contributed by atoms with van der Waals surface area (Å²) >= 11 is 0. The van der Waals surface area contributed by atoms with E-state index in [0.717, 1.165) is 37.8 Å². The summed E-state index contributed by atoms with van der Waals surface area (Å²) in [5, 5.41) is 12.6. The van der Waals surface area contributed by atoms with Crippen LogP contribution in [-0.2, 0) is 0 Å². The molecule has 1 aliphatic heterocycles. The monoisotopic (exact) mass is 228 g/mol. The maximum Gasteiger partial charge on any atom is 0.0446 e. The predicted octanol–water partition coefficient (Wildman–Crippen LogP) is 1.32. The molecular formula is C13H28N2O. The summed E-state index contributed by atoms with van der Waals surface area (Å²) in [5.74, 6) is 1.64. The SMILES string of the molecule is CCCNC(CCO)CN1CC(C)C(C)C1. The molecule has 3 nitrogen and oxygen atoms in total. The largest absolute Gasteiger partial charge is 0.396 e. The maximum atomic E-state index is 9.06. The molecule has 3 atom stereocenters. The Kier molecular flexibility index (Phi) is 6.32. The molecule has 0 saturated carbocycles. The van der Waals surface area contributed by atoms with Crippen LogP contribution >= 0.6 is 0 Å². The van der Waals surface area contributed by atoms with Crippen molar-refractivity contribution < 1.29 is 5.11 Å². The van der Waals surface area contributed by atoms with Crippen LogP contribution in [0, 0.1) is 11.8 Å². The summed E-state index contributed by atoms with van der Waals surface area (Å²) in [4.78, 5) is 2.54. The fraction of sp³-hybridized carbons (Fsp3) is 1.00. The normalized spacial score (nSPS) is 28.5. The van der Waals surface area contributed by atoms with Crippen molar-refractivity contribution in [3.05, 3.63) is 0 Å². The highest BCUT2D eigenvalue weighted by Crippen LogP contribution is 2.22. The summed E-state index contributed by atoms with van der Waals surface area (Å²) in [5.41, 5.74) is 0. The topological polar surface area (TPSA) is 35.5 Å². The number of nitrogens with zero attached hydrogens (tertiary/aromatic N) is 1. The molecule has 0 radical (unpaired) electrons. The first-order chi connectivity index (χ1) is 7.67. The van der Waals surface area contributed by atoms with Crippen molar-refractivity contribution >= 4 is 0 Å². The van der Waals surface area contributed by atoms with E-state index in [2.05, 4.69) is 31.0 Å². The van der Waals surface area contributed by atoms with Gasteiger partial charge in [0.2, 0.25) is 0 Å². The van der Waals surface area contributed by atoms with Crippen molar-refractivity contribution in [1.29, 1.82) is 0 Å². The van der Waals surface area contributed by atoms with Crippen molar-refractivity contribution in [2.24, 2.45) is 11.8 Å². The van der Waals surface area contributed by atoms with Crippen LogP contribution in [0.2, 0.25) is 0 Å². The van der Waals surface area contributed by atoms with Crippen LogP contribution in [0.15, 0.2) is 0 Å². The Labute approximate surface area is 100 Å². The van der Waals surface area contributed by atoms with Crippen LogP contribution in [0.3, 0.4) is 0 Å². The highest BCUT2D eigenvalue weighted by atomic mass is 16.3. The Bertz CT molecular complexity index is 177. The van der Waals surface area contributed by atoms with Gasteiger partial charge in [-0.1, -0.05) is 20.8 Å². The Hall–Kier alpha value is -0.120. The zero-order valence-corrected chi connectivity index (χ0v) is 11.1. The molecule has 3 unspecified atom stereocenters. The van der Waals surface area contributed by atoms with Crippen molar-refractivity contribution in [2.75, 3.05) is 32.8 Å². The van der Waals surface area contributed by atoms with Gasteiger partial charge in [0, 0.05) is 32.3 Å². The molecule has 1 fully saturated rings. The van der Waals surface area contributed by atoms with E-state index in [9.17, 15) is 0 Å². The number of rotatable bonds is 7. The highest BCUT2D eigenvalue weighted by molar-refractivity contribution is 4.82. The van der Waals surface area contributed by atoms with E-state index in [1.165, 1.54) is 13.1 Å². The second kappa shape index (κ2) is 7.25. The summed E-state index contributed by atoms with van der Waals surface area (Å²) < 4.78 is 0. The fourth-order valence-corrected chi connectivity index (χ4v) is 2.47. The van der Waals surface area contributed by atoms with E-state index >= 15 is 0 Å². The third-order valence-corrected chi connectivity index (χ3v) is 3.70. The number of hydrogen-bond donors (Lipinski definition) is 2. The van der Waals surface area contributed by atoms with E-state index in [1.807, 2.05) is 0 Å². The lowest BCUT2D eigenvalue weighted by Crippen LogP contribution is -2.41. The Balaban J connectivity index is 2.30. The van der Waals surface area contributed by atoms with E-state index in [0.29, 0.717) is 12.6 Å². The molecule has 3 heteroatoms. The van der Waals surface area contributed by atoms with Gasteiger partial charge in [0.1, 0.15) is 0 Å². The zero-order valence-electron chi connectivity index (χ0n) is 11.1. The van der Waals surface area contributed by atoms with Gasteiger partial charge in [-0.25, -0.2) is 0 Å². The predicted molar refractivity (Wildman–Crippen MR) is 68.6 cm³/mol. The minimum atomic E-state index is 0.292. The Morgan fingerprint density at radius 1 is 1.31 bits per heavy atom. The van der Waals surface area contributed by atoms with Gasteiger partial charge >= 0.3 is 0 Å². The molecule has 0 aromatic heterocycles. The van der Waals surface area contributed by atoms with Gasteiger partial charge in [0.25, 0.3) is 0 Å². The average Bonchev–Trinajstić information content (AvgIpc) is 2.55. The average molecular weight is 228 g/mol. The zero-order chi connectivity index (χ0) is 12.0. The highest BCUT2D eigenvalue weighted by Gasteiger charge is 2.27. The molecule has 0 amide bonds. The van der Waals surface area contributed by atoms with E-state index in [4.69, 9.17) is 5.11 Å². The fourth-order valence-electron chi connectivity index (χ4n) is 2.47. The summed E-state index contributed by atoms with van der Waals surface area (Å²) in [6.45, 7) is 11.7. The quantitative estimate of drug-likeness (QED) is 0.690. The summed E-state index contributed by atoms with van der Waals surface area (Å²) in [6.07, 6.45) is 2.04. The minimum Gasteiger partial charge on any atom is -0.396 e. The molecule has 1 heterocycles. The first-order valence-corrected chi connectivity index (χ1v) is 6.74. The molecule has 96 valence electrons. The lowest BCUT2D eigenvalue weighted by molar-refractivity contribution is 0.225. The standard InChI is InChI=1S/C13H28N2O/c1-4-6-14-13(5-7-16)10-15-8-11(2)12(3)9-15/h11-14,16H,4-10H2,1-3H3. The molecule has 1 aliphatic rings. The first-order valence-electron chi connectivity index (χ1n) is 6.74. The van der Waals surface area contributed by atoms with Gasteiger partial charge in [-0.15, -0.1) is 0 Å². The van der Waals surface area contributed by atoms with Crippen LogP contribution < -0.4 is 5.32 Å². The molecule has 16 heavy (non-hydrogen) atoms. The number of aliphatic hydroxyl groups is 1. The minimum absolute atomic E-state index is 0.292. The molecule has 1 saturated heterocycles. The third-order valence-electron chi connectivity index (χ3n) is 3.70. The van der Waals surface area contributed by atoms with Gasteiger partial charge in [-0.3, -0.25) is 0 Å². The van der Waals surface area contributed by atoms with E-state index < -0.39 is 0 Å². The Morgan fingerprint density at radius 3 is 2.44 bits per heavy atom. The van der Waals surface area contributed by atoms with E-state index in [1.54, 1.807) is 0 Å². The summed E-state index contributed by atoms with van der Waals surface area (Å²) in [7, 11) is 0. The van der Waals surface area contributed by atoms with Gasteiger partial charge < -0.3 is 15.3 Å². The molecular weight excluding hydrogens is 200 g/mol. The van der Waals surface area contributed by atoms with Crippen molar-refractivity contribution in [1.82, 2.24) is 10.2 Å². The van der Waals surface area contributed by atoms with Crippen LogP contribution in [-0.4, -0.2) is 48.8 Å². The van der Waals surface area contributed by atoms with Crippen molar-refractivity contribution in [2.45, 2.75) is 39.7 Å². The molecule has 0 aromatic rings. The van der Waals surface area contributed by atoms with Gasteiger partial charge in [-0.05, 0) is 31.2 Å². The maximum absolute atomic E-state index is 9.06. The molecule has 2 N–H and O–H groups in total. The Morgan fingerprint density at radius 2 is 1.94 bits per heavy atom. The van der Waals surface area contributed by atoms with Crippen molar-refractivity contribution in [3.8, 4) is 0 Å². The van der Waals surface area contributed by atoms with Crippen LogP contribution in [0.25, 0.3) is 0 Å². The van der Waals surface area contributed by atoms with E-state index in [-0.39, 0.29) is 0 Å². The van der Waals surface area contributed by atoms with Gasteiger partial charge in [-0.2, -0.15) is 0 Å². The second-order valence-corrected chi connectivity index (χ2v) is 5.34. The number of aliphatic hydroxyl groups excluding tert-OH is 1. The smallest absolute Gasteiger partial charge is 0.0446 e. The van der Waals surface area contributed by atoms with Crippen LogP contribution in [0.5, 0.6) is 0 Å². The molecule has 0 aliphatic carbocycles. The lowest BCUT2D eigenvalue weighted by Gasteiger charge is -2.24. The number of hydrogen-bond acceptors (Lipinski definition) is 3. The van der Waals surface area contributed by atoms with Gasteiger partial charge in [0.15, 0.2) is 0 Å². The summed E-state index contributed by atoms with van der Waals surface area (Å²) in [6, 6.07) is 0.461. The lowest BCUT2D eigenvalue weighted by atomic mass is 10.0. The third kappa shape index (κ3) is 4.40. The van der Waals surface area contributed by atoms with Crippen molar-refractivity contribution in [3.63, 3.8) is 0 Å². The number of nitrogens with one attached hydrogen (secondary N) is 1. The van der Waals surface area contributed by atoms with Crippen LogP contribution in [0.4, 0.5) is 0 Å². The first kappa shape index (κ1) is 13.9. The van der Waals surface area contributed by atoms with Gasteiger partial charge in [0.05, 0.1) is 0 Å². The molecule has 0 aromatic carbocycles. The van der Waals surface area contributed by atoms with Crippen LogP contribution in [0.1, 0.15) is 33.6 Å². The second-order valence-electron chi connectivity index (χ2n) is 5.34. The molecule has 0 bridgehead atoms.